The summed E-state index contributed by atoms with van der Waals surface area (Å²) in [5.74, 6) is 0.762. The van der Waals surface area contributed by atoms with Crippen LogP contribution in [0.2, 0.25) is 5.02 Å². The summed E-state index contributed by atoms with van der Waals surface area (Å²) in [5.41, 5.74) is 8.58. The highest BCUT2D eigenvalue weighted by Crippen LogP contribution is 2.29. The van der Waals surface area contributed by atoms with E-state index >= 15 is 0 Å². The summed E-state index contributed by atoms with van der Waals surface area (Å²) in [6.07, 6.45) is 0. The van der Waals surface area contributed by atoms with Gasteiger partial charge in [0.25, 0.3) is 0 Å². The molecule has 0 fully saturated rings. The van der Waals surface area contributed by atoms with E-state index in [-0.39, 0.29) is 6.04 Å². The van der Waals surface area contributed by atoms with E-state index < -0.39 is 0 Å². The van der Waals surface area contributed by atoms with Crippen molar-refractivity contribution in [1.29, 1.82) is 0 Å². The van der Waals surface area contributed by atoms with Gasteiger partial charge in [0.05, 0.1) is 16.4 Å². The van der Waals surface area contributed by atoms with Crippen molar-refractivity contribution in [2.24, 2.45) is 12.8 Å². The Morgan fingerprint density at radius 1 is 1.50 bits per heavy atom. The zero-order valence-corrected chi connectivity index (χ0v) is 14.0. The zero-order valence-electron chi connectivity index (χ0n) is 11.7. The molecule has 1 unspecified atom stereocenters. The Labute approximate surface area is 132 Å². The van der Waals surface area contributed by atoms with Crippen LogP contribution < -0.4 is 10.5 Å². The molecule has 0 saturated heterocycles. The minimum absolute atomic E-state index is 0.105. The number of hydrogen-bond donors (Lipinski definition) is 1. The Morgan fingerprint density at radius 3 is 2.75 bits per heavy atom. The monoisotopic (exact) mass is 357 g/mol. The molecule has 0 spiro atoms. The summed E-state index contributed by atoms with van der Waals surface area (Å²) >= 11 is 9.65. The number of nitrogens with two attached hydrogens (primary N) is 1. The Hall–Kier alpha value is -1.04. The Bertz CT molecular complexity index is 625. The molecule has 1 heterocycles. The molecule has 0 aliphatic carbocycles. The summed E-state index contributed by atoms with van der Waals surface area (Å²) in [6, 6.07) is 5.69. The van der Waals surface area contributed by atoms with E-state index in [1.807, 2.05) is 39.1 Å². The zero-order chi connectivity index (χ0) is 14.9. The number of benzene rings is 1. The maximum absolute atomic E-state index is 6.21. The third-order valence-electron chi connectivity index (χ3n) is 3.09. The lowest BCUT2D eigenvalue weighted by molar-refractivity contribution is 0.290. The van der Waals surface area contributed by atoms with E-state index in [9.17, 15) is 0 Å². The van der Waals surface area contributed by atoms with Crippen molar-refractivity contribution in [3.05, 3.63) is 44.6 Å². The molecular weight excluding hydrogens is 342 g/mol. The van der Waals surface area contributed by atoms with Gasteiger partial charge < -0.3 is 10.5 Å². The summed E-state index contributed by atoms with van der Waals surface area (Å²) in [4.78, 5) is 0. The van der Waals surface area contributed by atoms with Crippen molar-refractivity contribution in [3.8, 4) is 5.75 Å². The van der Waals surface area contributed by atoms with E-state index in [2.05, 4.69) is 21.0 Å². The van der Waals surface area contributed by atoms with Gasteiger partial charge in [0, 0.05) is 23.1 Å². The minimum atomic E-state index is -0.105. The molecule has 1 aromatic carbocycles. The van der Waals surface area contributed by atoms with Crippen molar-refractivity contribution >= 4 is 27.5 Å². The van der Waals surface area contributed by atoms with Crippen molar-refractivity contribution < 1.29 is 4.74 Å². The molecule has 2 N–H and O–H groups in total. The van der Waals surface area contributed by atoms with Crippen LogP contribution >= 0.6 is 27.5 Å². The van der Waals surface area contributed by atoms with E-state index in [1.54, 1.807) is 4.68 Å². The number of nitrogens with zero attached hydrogens (tertiary/aromatic N) is 2. The fourth-order valence-electron chi connectivity index (χ4n) is 1.99. The lowest BCUT2D eigenvalue weighted by atomic mass is 10.1. The fourth-order valence-corrected chi connectivity index (χ4v) is 2.58. The predicted octanol–water partition coefficient (Wildman–Crippen LogP) is 3.74. The third-order valence-corrected chi connectivity index (χ3v) is 4.07. The first-order valence-electron chi connectivity index (χ1n) is 6.26. The molecule has 0 aliphatic heterocycles. The lowest BCUT2D eigenvalue weighted by Crippen LogP contribution is -2.09. The molecule has 2 aromatic rings. The fraction of sp³-hybridized carbons (Fsp3) is 0.357. The van der Waals surface area contributed by atoms with Gasteiger partial charge in [-0.25, -0.2) is 0 Å². The maximum Gasteiger partial charge on any atom is 0.131 e. The van der Waals surface area contributed by atoms with Gasteiger partial charge in [-0.05, 0) is 32.0 Å². The third kappa shape index (κ3) is 3.16. The van der Waals surface area contributed by atoms with Crippen LogP contribution in [0.1, 0.15) is 29.9 Å². The minimum Gasteiger partial charge on any atom is -0.487 e. The number of halogens is 2. The van der Waals surface area contributed by atoms with Crippen LogP contribution in [0, 0.1) is 6.92 Å². The summed E-state index contributed by atoms with van der Waals surface area (Å²) < 4.78 is 8.58. The highest BCUT2D eigenvalue weighted by Gasteiger charge is 2.14. The number of aromatic nitrogens is 2. The molecule has 0 radical (unpaired) electrons. The van der Waals surface area contributed by atoms with Crippen LogP contribution in [-0.4, -0.2) is 9.78 Å². The number of ether oxygens (including phenoxy) is 1. The van der Waals surface area contributed by atoms with Crippen LogP contribution in [0.3, 0.4) is 0 Å². The van der Waals surface area contributed by atoms with Crippen LogP contribution in [0.4, 0.5) is 0 Å². The van der Waals surface area contributed by atoms with E-state index in [1.165, 1.54) is 0 Å². The van der Waals surface area contributed by atoms with Gasteiger partial charge in [0.2, 0.25) is 0 Å². The van der Waals surface area contributed by atoms with Crippen molar-refractivity contribution in [2.75, 3.05) is 0 Å². The maximum atomic E-state index is 6.21. The van der Waals surface area contributed by atoms with Gasteiger partial charge in [-0.3, -0.25) is 4.68 Å². The molecule has 0 bridgehead atoms. The second-order valence-corrected chi connectivity index (χ2v) is 6.02. The lowest BCUT2D eigenvalue weighted by Gasteiger charge is -2.14. The van der Waals surface area contributed by atoms with Crippen LogP contribution in [0.25, 0.3) is 0 Å². The highest BCUT2D eigenvalue weighted by molar-refractivity contribution is 9.10. The van der Waals surface area contributed by atoms with Crippen molar-refractivity contribution in [2.45, 2.75) is 26.5 Å². The molecule has 0 amide bonds. The Balaban J connectivity index is 2.23. The normalized spacial score (nSPS) is 12.5. The largest absolute Gasteiger partial charge is 0.487 e. The Morgan fingerprint density at radius 2 is 2.20 bits per heavy atom. The molecule has 6 heteroatoms. The number of aryl methyl sites for hydroxylation is 2. The smallest absolute Gasteiger partial charge is 0.131 e. The van der Waals surface area contributed by atoms with Crippen LogP contribution in [-0.2, 0) is 13.7 Å². The quantitative estimate of drug-likeness (QED) is 0.905. The van der Waals surface area contributed by atoms with Gasteiger partial charge in [-0.15, -0.1) is 0 Å². The van der Waals surface area contributed by atoms with E-state index in [4.69, 9.17) is 22.1 Å². The van der Waals surface area contributed by atoms with Crippen LogP contribution in [0.15, 0.2) is 22.7 Å². The van der Waals surface area contributed by atoms with Gasteiger partial charge in [-0.1, -0.05) is 27.5 Å². The molecule has 20 heavy (non-hydrogen) atoms. The summed E-state index contributed by atoms with van der Waals surface area (Å²) in [5, 5.41) is 4.91. The van der Waals surface area contributed by atoms with Crippen LogP contribution in [0.5, 0.6) is 5.75 Å². The molecule has 0 aliphatic rings. The molecule has 1 aromatic heterocycles. The standard InChI is InChI=1S/C14H17BrClN3O/c1-8(17)11-6-10(15)4-5-13(11)20-7-12-14(16)9(2)18-19(12)3/h4-6,8H,7,17H2,1-3H3. The number of hydrogen-bond acceptors (Lipinski definition) is 3. The average Bonchev–Trinajstić information content (AvgIpc) is 2.62. The second kappa shape index (κ2) is 6.16. The summed E-state index contributed by atoms with van der Waals surface area (Å²) in [7, 11) is 1.85. The molecule has 1 atom stereocenters. The molecular formula is C14H17BrClN3O. The first-order valence-corrected chi connectivity index (χ1v) is 7.43. The summed E-state index contributed by atoms with van der Waals surface area (Å²) in [6.45, 7) is 4.16. The molecule has 4 nitrogen and oxygen atoms in total. The highest BCUT2D eigenvalue weighted by atomic mass is 79.9. The van der Waals surface area contributed by atoms with Gasteiger partial charge in [0.1, 0.15) is 12.4 Å². The average molecular weight is 359 g/mol. The molecule has 2 rings (SSSR count). The first kappa shape index (κ1) is 15.4. The molecule has 0 saturated carbocycles. The van der Waals surface area contributed by atoms with Crippen molar-refractivity contribution in [1.82, 2.24) is 9.78 Å². The molecule has 108 valence electrons. The first-order chi connectivity index (χ1) is 9.40. The predicted molar refractivity (Wildman–Crippen MR) is 84.0 cm³/mol. The van der Waals surface area contributed by atoms with Gasteiger partial charge >= 0.3 is 0 Å². The topological polar surface area (TPSA) is 53.1 Å². The SMILES string of the molecule is Cc1nn(C)c(COc2ccc(Br)cc2C(C)N)c1Cl. The second-order valence-electron chi connectivity index (χ2n) is 4.73. The Kier molecular flexibility index (Phi) is 4.73. The van der Waals surface area contributed by atoms with Crippen molar-refractivity contribution in [3.63, 3.8) is 0 Å². The van der Waals surface area contributed by atoms with E-state index in [0.29, 0.717) is 11.6 Å². The number of rotatable bonds is 4. The van der Waals surface area contributed by atoms with Gasteiger partial charge in [-0.2, -0.15) is 5.10 Å². The van der Waals surface area contributed by atoms with E-state index in [0.717, 1.165) is 27.2 Å². The van der Waals surface area contributed by atoms with Gasteiger partial charge in [0.15, 0.2) is 0 Å².